The molecule has 3 heteroatoms. The van der Waals surface area contributed by atoms with Crippen molar-refractivity contribution in [2.24, 2.45) is 5.41 Å². The van der Waals surface area contributed by atoms with Crippen molar-refractivity contribution >= 4 is 5.69 Å². The maximum Gasteiger partial charge on any atom is 0.0562 e. The van der Waals surface area contributed by atoms with Gasteiger partial charge in [-0.1, -0.05) is 27.7 Å². The molecule has 0 saturated carbocycles. The lowest BCUT2D eigenvalue weighted by Gasteiger charge is -2.37. The van der Waals surface area contributed by atoms with Crippen LogP contribution in [-0.4, -0.2) is 24.6 Å². The topological polar surface area (TPSA) is 28.2 Å². The lowest BCUT2D eigenvalue weighted by atomic mass is 9.87. The van der Waals surface area contributed by atoms with Gasteiger partial charge >= 0.3 is 0 Å². The van der Waals surface area contributed by atoms with E-state index < -0.39 is 0 Å². The van der Waals surface area contributed by atoms with Gasteiger partial charge in [0.15, 0.2) is 0 Å². The second-order valence-corrected chi connectivity index (χ2v) is 5.94. The first kappa shape index (κ1) is 15.0. The zero-order valence-corrected chi connectivity index (χ0v) is 12.6. The zero-order chi connectivity index (χ0) is 13.8. The Morgan fingerprint density at radius 3 is 2.61 bits per heavy atom. The van der Waals surface area contributed by atoms with E-state index in [2.05, 4.69) is 69.0 Å². The molecule has 0 bridgehead atoms. The summed E-state index contributed by atoms with van der Waals surface area (Å²) in [4.78, 5) is 6.72. The molecular weight excluding hydrogens is 222 g/mol. The lowest BCUT2D eigenvalue weighted by molar-refractivity contribution is 0.329. The third-order valence-corrected chi connectivity index (χ3v) is 3.60. The highest BCUT2D eigenvalue weighted by atomic mass is 15.1. The Bertz CT molecular complexity index is 368. The molecule has 18 heavy (non-hydrogen) atoms. The van der Waals surface area contributed by atoms with E-state index in [0.29, 0.717) is 6.04 Å². The first-order valence-corrected chi connectivity index (χ1v) is 6.74. The van der Waals surface area contributed by atoms with E-state index in [0.717, 1.165) is 18.8 Å². The Morgan fingerprint density at radius 2 is 2.06 bits per heavy atom. The summed E-state index contributed by atoms with van der Waals surface area (Å²) >= 11 is 0. The minimum Gasteiger partial charge on any atom is -0.371 e. The van der Waals surface area contributed by atoms with Gasteiger partial charge in [-0.2, -0.15) is 0 Å². The quantitative estimate of drug-likeness (QED) is 0.869. The van der Waals surface area contributed by atoms with Crippen LogP contribution in [0, 0.1) is 5.41 Å². The van der Waals surface area contributed by atoms with Gasteiger partial charge in [-0.15, -0.1) is 0 Å². The number of rotatable bonds is 5. The number of aromatic nitrogens is 1. The van der Waals surface area contributed by atoms with Crippen molar-refractivity contribution in [3.8, 4) is 0 Å². The minimum atomic E-state index is 0.264. The fourth-order valence-electron chi connectivity index (χ4n) is 1.84. The Balaban J connectivity index is 2.82. The van der Waals surface area contributed by atoms with Gasteiger partial charge in [-0.25, -0.2) is 0 Å². The van der Waals surface area contributed by atoms with E-state index in [1.807, 2.05) is 6.20 Å². The molecule has 0 aliphatic carbocycles. The fourth-order valence-corrected chi connectivity index (χ4v) is 1.84. The van der Waals surface area contributed by atoms with Crippen LogP contribution in [0.4, 0.5) is 5.69 Å². The maximum atomic E-state index is 4.39. The molecule has 0 aromatic carbocycles. The van der Waals surface area contributed by atoms with Gasteiger partial charge in [-0.3, -0.25) is 4.98 Å². The number of anilines is 1. The largest absolute Gasteiger partial charge is 0.371 e. The number of nitrogens with one attached hydrogen (secondary N) is 1. The maximum absolute atomic E-state index is 4.39. The van der Waals surface area contributed by atoms with Gasteiger partial charge in [-0.05, 0) is 31.0 Å². The van der Waals surface area contributed by atoms with Gasteiger partial charge in [0.2, 0.25) is 0 Å². The van der Waals surface area contributed by atoms with E-state index in [1.54, 1.807) is 0 Å². The van der Waals surface area contributed by atoms with Gasteiger partial charge in [0, 0.05) is 31.5 Å². The molecule has 1 N–H and O–H groups in total. The first-order valence-electron chi connectivity index (χ1n) is 6.74. The summed E-state index contributed by atoms with van der Waals surface area (Å²) in [6, 6.07) is 4.73. The van der Waals surface area contributed by atoms with Crippen molar-refractivity contribution in [2.45, 2.75) is 47.2 Å². The molecule has 102 valence electrons. The number of hydrogen-bond acceptors (Lipinski definition) is 3. The highest BCUT2D eigenvalue weighted by Gasteiger charge is 2.24. The van der Waals surface area contributed by atoms with Gasteiger partial charge in [0.1, 0.15) is 0 Å². The number of pyridine rings is 1. The molecule has 0 amide bonds. The van der Waals surface area contributed by atoms with Gasteiger partial charge in [0.25, 0.3) is 0 Å². The Morgan fingerprint density at radius 1 is 1.39 bits per heavy atom. The van der Waals surface area contributed by atoms with E-state index in [1.165, 1.54) is 5.69 Å². The van der Waals surface area contributed by atoms with E-state index >= 15 is 0 Å². The number of hydrogen-bond donors (Lipinski definition) is 1. The molecule has 1 unspecified atom stereocenters. The van der Waals surface area contributed by atoms with Crippen molar-refractivity contribution in [3.05, 3.63) is 24.0 Å². The third-order valence-electron chi connectivity index (χ3n) is 3.60. The molecule has 0 aliphatic heterocycles. The van der Waals surface area contributed by atoms with E-state index in [-0.39, 0.29) is 5.41 Å². The summed E-state index contributed by atoms with van der Waals surface area (Å²) in [5.41, 5.74) is 2.60. The Kier molecular flexibility index (Phi) is 5.15. The molecule has 1 heterocycles. The van der Waals surface area contributed by atoms with Crippen LogP contribution in [0.5, 0.6) is 0 Å². The summed E-state index contributed by atoms with van der Waals surface area (Å²) in [5, 5.41) is 3.31. The average molecular weight is 249 g/mol. The highest BCUT2D eigenvalue weighted by Crippen LogP contribution is 2.27. The van der Waals surface area contributed by atoms with Gasteiger partial charge in [0.05, 0.1) is 5.69 Å². The third kappa shape index (κ3) is 3.98. The normalized spacial score (nSPS) is 13.4. The summed E-state index contributed by atoms with van der Waals surface area (Å²) in [5.74, 6) is 0. The molecule has 1 aromatic rings. The average Bonchev–Trinajstić information content (AvgIpc) is 2.33. The second-order valence-electron chi connectivity index (χ2n) is 5.94. The summed E-state index contributed by atoms with van der Waals surface area (Å²) in [6.07, 6.45) is 1.90. The van der Waals surface area contributed by atoms with Crippen molar-refractivity contribution in [2.75, 3.05) is 18.5 Å². The molecule has 0 spiro atoms. The predicted molar refractivity (Wildman–Crippen MR) is 78.9 cm³/mol. The van der Waals surface area contributed by atoms with Crippen LogP contribution < -0.4 is 10.2 Å². The van der Waals surface area contributed by atoms with Crippen LogP contribution >= 0.6 is 0 Å². The molecule has 0 radical (unpaired) electrons. The van der Waals surface area contributed by atoms with Crippen LogP contribution in [0.25, 0.3) is 0 Å². The highest BCUT2D eigenvalue weighted by molar-refractivity contribution is 5.47. The van der Waals surface area contributed by atoms with Crippen LogP contribution in [0.3, 0.4) is 0 Å². The van der Waals surface area contributed by atoms with E-state index in [9.17, 15) is 0 Å². The molecule has 1 atom stereocenters. The van der Waals surface area contributed by atoms with Crippen LogP contribution in [0.1, 0.15) is 40.3 Å². The molecular formula is C15H27N3. The SMILES string of the molecule is CCNCc1cc(N(C)C(C)C(C)(C)C)ccn1. The standard InChI is InChI=1S/C15H27N3/c1-7-16-11-13-10-14(8-9-17-13)18(6)12(2)15(3,4)5/h8-10,12,16H,7,11H2,1-6H3. The molecule has 0 aliphatic rings. The Labute approximate surface area is 112 Å². The second kappa shape index (κ2) is 6.19. The van der Waals surface area contributed by atoms with Crippen molar-refractivity contribution in [1.29, 1.82) is 0 Å². The van der Waals surface area contributed by atoms with E-state index in [4.69, 9.17) is 0 Å². The summed E-state index contributed by atoms with van der Waals surface area (Å²) < 4.78 is 0. The lowest BCUT2D eigenvalue weighted by Crippen LogP contribution is -2.39. The summed E-state index contributed by atoms with van der Waals surface area (Å²) in [6.45, 7) is 13.0. The first-order chi connectivity index (χ1) is 8.36. The monoisotopic (exact) mass is 249 g/mol. The van der Waals surface area contributed by atoms with Crippen LogP contribution in [-0.2, 0) is 6.54 Å². The molecule has 1 rings (SSSR count). The van der Waals surface area contributed by atoms with Crippen molar-refractivity contribution in [1.82, 2.24) is 10.3 Å². The van der Waals surface area contributed by atoms with Crippen molar-refractivity contribution < 1.29 is 0 Å². The summed E-state index contributed by atoms with van der Waals surface area (Å²) in [7, 11) is 2.16. The number of nitrogens with zero attached hydrogens (tertiary/aromatic N) is 2. The minimum absolute atomic E-state index is 0.264. The van der Waals surface area contributed by atoms with Crippen LogP contribution in [0.15, 0.2) is 18.3 Å². The van der Waals surface area contributed by atoms with Gasteiger partial charge < -0.3 is 10.2 Å². The molecule has 1 aromatic heterocycles. The molecule has 0 saturated heterocycles. The molecule has 0 fully saturated rings. The predicted octanol–water partition coefficient (Wildman–Crippen LogP) is 3.06. The Hall–Kier alpha value is -1.09. The fraction of sp³-hybridized carbons (Fsp3) is 0.667. The smallest absolute Gasteiger partial charge is 0.0562 e. The van der Waals surface area contributed by atoms with Crippen molar-refractivity contribution in [3.63, 3.8) is 0 Å². The zero-order valence-electron chi connectivity index (χ0n) is 12.6. The molecule has 3 nitrogen and oxygen atoms in total. The van der Waals surface area contributed by atoms with Crippen LogP contribution in [0.2, 0.25) is 0 Å².